The van der Waals surface area contributed by atoms with Gasteiger partial charge < -0.3 is 4.90 Å². The van der Waals surface area contributed by atoms with Crippen LogP contribution in [0.1, 0.15) is 19.3 Å². The van der Waals surface area contributed by atoms with Crippen molar-refractivity contribution in [2.75, 3.05) is 18.0 Å². The normalized spacial score (nSPS) is 17.1. The zero-order valence-corrected chi connectivity index (χ0v) is 9.95. The largest absolute Gasteiger partial charge is 0.371 e. The van der Waals surface area contributed by atoms with Gasteiger partial charge in [-0.1, -0.05) is 17.7 Å². The second-order valence-electron chi connectivity index (χ2n) is 4.27. The third kappa shape index (κ3) is 2.68. The molecule has 1 fully saturated rings. The summed E-state index contributed by atoms with van der Waals surface area (Å²) in [6.45, 7) is 2.07. The van der Waals surface area contributed by atoms with E-state index < -0.39 is 0 Å². The number of hydrogen-bond acceptors (Lipinski definition) is 2. The predicted molar refractivity (Wildman–Crippen MR) is 66.6 cm³/mol. The van der Waals surface area contributed by atoms with Crippen LogP contribution < -0.4 is 4.90 Å². The highest BCUT2D eigenvalue weighted by molar-refractivity contribution is 6.30. The highest BCUT2D eigenvalue weighted by atomic mass is 35.5. The SMILES string of the molecule is N#CCC1CCN(c2cccc(Cl)c2)CC1. The van der Waals surface area contributed by atoms with Gasteiger partial charge in [-0.05, 0) is 37.0 Å². The maximum Gasteiger partial charge on any atom is 0.0624 e. The lowest BCUT2D eigenvalue weighted by atomic mass is 9.94. The van der Waals surface area contributed by atoms with E-state index in [0.29, 0.717) is 12.3 Å². The quantitative estimate of drug-likeness (QED) is 0.784. The maximum absolute atomic E-state index is 8.66. The molecule has 2 rings (SSSR count). The molecule has 0 aromatic heterocycles. The number of rotatable bonds is 2. The summed E-state index contributed by atoms with van der Waals surface area (Å²) in [6, 6.07) is 10.2. The van der Waals surface area contributed by atoms with Crippen molar-refractivity contribution in [3.8, 4) is 6.07 Å². The highest BCUT2D eigenvalue weighted by Crippen LogP contribution is 2.26. The summed E-state index contributed by atoms with van der Waals surface area (Å²) >= 11 is 5.97. The van der Waals surface area contributed by atoms with Gasteiger partial charge in [-0.15, -0.1) is 0 Å². The molecule has 0 amide bonds. The van der Waals surface area contributed by atoms with Crippen LogP contribution in [0.3, 0.4) is 0 Å². The van der Waals surface area contributed by atoms with Crippen molar-refractivity contribution in [3.05, 3.63) is 29.3 Å². The van der Waals surface area contributed by atoms with Gasteiger partial charge in [-0.3, -0.25) is 0 Å². The van der Waals surface area contributed by atoms with Crippen LogP contribution in [0.2, 0.25) is 5.02 Å². The molecule has 0 saturated carbocycles. The highest BCUT2D eigenvalue weighted by Gasteiger charge is 2.18. The number of hydrogen-bond donors (Lipinski definition) is 0. The summed E-state index contributed by atoms with van der Waals surface area (Å²) in [5, 5.41) is 9.45. The Bertz CT molecular complexity index is 389. The lowest BCUT2D eigenvalue weighted by molar-refractivity contribution is 0.413. The summed E-state index contributed by atoms with van der Waals surface area (Å²) in [6.07, 6.45) is 2.92. The number of benzene rings is 1. The Labute approximate surface area is 101 Å². The fourth-order valence-corrected chi connectivity index (χ4v) is 2.38. The first-order valence-corrected chi connectivity index (χ1v) is 6.05. The van der Waals surface area contributed by atoms with Crippen molar-refractivity contribution in [1.29, 1.82) is 5.26 Å². The van der Waals surface area contributed by atoms with E-state index in [2.05, 4.69) is 17.0 Å². The van der Waals surface area contributed by atoms with Crippen molar-refractivity contribution in [2.24, 2.45) is 5.92 Å². The zero-order chi connectivity index (χ0) is 11.4. The van der Waals surface area contributed by atoms with Crippen molar-refractivity contribution >= 4 is 17.3 Å². The van der Waals surface area contributed by atoms with Crippen LogP contribution in [0.4, 0.5) is 5.69 Å². The third-order valence-corrected chi connectivity index (χ3v) is 3.40. The first-order chi connectivity index (χ1) is 7.79. The van der Waals surface area contributed by atoms with Crippen LogP contribution in [0.15, 0.2) is 24.3 Å². The van der Waals surface area contributed by atoms with E-state index in [4.69, 9.17) is 16.9 Å². The van der Waals surface area contributed by atoms with Gasteiger partial charge in [0, 0.05) is 30.2 Å². The fraction of sp³-hybridized carbons (Fsp3) is 0.462. The summed E-state index contributed by atoms with van der Waals surface area (Å²) in [5.74, 6) is 0.584. The van der Waals surface area contributed by atoms with E-state index in [1.807, 2.05) is 18.2 Å². The monoisotopic (exact) mass is 234 g/mol. The second kappa shape index (κ2) is 5.23. The van der Waals surface area contributed by atoms with Crippen molar-refractivity contribution < 1.29 is 0 Å². The minimum Gasteiger partial charge on any atom is -0.371 e. The molecule has 0 N–H and O–H groups in total. The molecule has 1 heterocycles. The molecule has 1 aliphatic heterocycles. The van der Waals surface area contributed by atoms with Crippen LogP contribution in [0, 0.1) is 17.2 Å². The third-order valence-electron chi connectivity index (χ3n) is 3.17. The number of halogens is 1. The number of nitrogens with zero attached hydrogens (tertiary/aromatic N) is 2. The average Bonchev–Trinajstić information content (AvgIpc) is 2.30. The smallest absolute Gasteiger partial charge is 0.0624 e. The van der Waals surface area contributed by atoms with Crippen molar-refractivity contribution in [2.45, 2.75) is 19.3 Å². The van der Waals surface area contributed by atoms with Gasteiger partial charge >= 0.3 is 0 Å². The van der Waals surface area contributed by atoms with E-state index >= 15 is 0 Å². The van der Waals surface area contributed by atoms with Gasteiger partial charge in [0.15, 0.2) is 0 Å². The summed E-state index contributed by atoms with van der Waals surface area (Å²) < 4.78 is 0. The first kappa shape index (κ1) is 11.3. The van der Waals surface area contributed by atoms with E-state index in [1.165, 1.54) is 5.69 Å². The Morgan fingerprint density at radius 1 is 1.38 bits per heavy atom. The molecule has 0 atom stereocenters. The predicted octanol–water partition coefficient (Wildman–Crippen LogP) is 3.47. The number of anilines is 1. The Balaban J connectivity index is 1.97. The average molecular weight is 235 g/mol. The molecule has 0 aliphatic carbocycles. The minimum atomic E-state index is 0.584. The minimum absolute atomic E-state index is 0.584. The van der Waals surface area contributed by atoms with Gasteiger partial charge in [-0.25, -0.2) is 0 Å². The van der Waals surface area contributed by atoms with Gasteiger partial charge in [0.2, 0.25) is 0 Å². The van der Waals surface area contributed by atoms with Gasteiger partial charge in [0.1, 0.15) is 0 Å². The summed E-state index contributed by atoms with van der Waals surface area (Å²) in [5.41, 5.74) is 1.20. The number of nitriles is 1. The molecule has 84 valence electrons. The molecule has 16 heavy (non-hydrogen) atoms. The number of piperidine rings is 1. The topological polar surface area (TPSA) is 27.0 Å². The Kier molecular flexibility index (Phi) is 3.69. The zero-order valence-electron chi connectivity index (χ0n) is 9.19. The van der Waals surface area contributed by atoms with E-state index in [1.54, 1.807) is 0 Å². The Hall–Kier alpha value is -1.20. The molecule has 1 aromatic rings. The molecule has 3 heteroatoms. The molecular formula is C13H15ClN2. The molecule has 2 nitrogen and oxygen atoms in total. The van der Waals surface area contributed by atoms with Crippen LogP contribution >= 0.6 is 11.6 Å². The lowest BCUT2D eigenvalue weighted by Crippen LogP contribution is -2.33. The Morgan fingerprint density at radius 2 is 2.12 bits per heavy atom. The van der Waals surface area contributed by atoms with Crippen LogP contribution in [0.5, 0.6) is 0 Å². The van der Waals surface area contributed by atoms with Crippen LogP contribution in [-0.2, 0) is 0 Å². The molecule has 0 spiro atoms. The molecule has 0 radical (unpaired) electrons. The molecule has 1 aliphatic rings. The van der Waals surface area contributed by atoms with Crippen molar-refractivity contribution in [1.82, 2.24) is 0 Å². The van der Waals surface area contributed by atoms with Gasteiger partial charge in [0.25, 0.3) is 0 Å². The fourth-order valence-electron chi connectivity index (χ4n) is 2.20. The molecular weight excluding hydrogens is 220 g/mol. The Morgan fingerprint density at radius 3 is 2.75 bits per heavy atom. The molecule has 1 aromatic carbocycles. The summed E-state index contributed by atoms with van der Waals surface area (Å²) in [4.78, 5) is 2.35. The summed E-state index contributed by atoms with van der Waals surface area (Å²) in [7, 11) is 0. The van der Waals surface area contributed by atoms with Crippen LogP contribution in [-0.4, -0.2) is 13.1 Å². The molecule has 0 bridgehead atoms. The van der Waals surface area contributed by atoms with Crippen molar-refractivity contribution in [3.63, 3.8) is 0 Å². The van der Waals surface area contributed by atoms with E-state index in [0.717, 1.165) is 31.0 Å². The van der Waals surface area contributed by atoms with Crippen LogP contribution in [0.25, 0.3) is 0 Å². The van der Waals surface area contributed by atoms with Gasteiger partial charge in [-0.2, -0.15) is 5.26 Å². The van der Waals surface area contributed by atoms with Gasteiger partial charge in [0.05, 0.1) is 6.07 Å². The maximum atomic E-state index is 8.66. The van der Waals surface area contributed by atoms with E-state index in [9.17, 15) is 0 Å². The molecule has 0 unspecified atom stereocenters. The second-order valence-corrected chi connectivity index (χ2v) is 4.71. The van der Waals surface area contributed by atoms with E-state index in [-0.39, 0.29) is 0 Å². The molecule has 1 saturated heterocycles. The first-order valence-electron chi connectivity index (χ1n) is 5.67. The standard InChI is InChI=1S/C13H15ClN2/c14-12-2-1-3-13(10-12)16-8-5-11(4-7-15)6-9-16/h1-3,10-11H,4-6,8-9H2. The lowest BCUT2D eigenvalue weighted by Gasteiger charge is -2.32.